The number of ketones is 1. The summed E-state index contributed by atoms with van der Waals surface area (Å²) in [7, 11) is 0. The second-order valence-corrected chi connectivity index (χ2v) is 6.39. The van der Waals surface area contributed by atoms with Crippen molar-refractivity contribution in [1.82, 2.24) is 10.2 Å². The van der Waals surface area contributed by atoms with E-state index in [1.54, 1.807) is 25.1 Å². The van der Waals surface area contributed by atoms with Crippen LogP contribution in [0.15, 0.2) is 27.8 Å². The van der Waals surface area contributed by atoms with Crippen LogP contribution in [0.5, 0.6) is 0 Å². The summed E-state index contributed by atoms with van der Waals surface area (Å²) in [5, 5.41) is 9.50. The Hall–Kier alpha value is -1.04. The number of carbonyl (C=O) groups is 1. The lowest BCUT2D eigenvalue weighted by molar-refractivity contribution is -0.117. The summed E-state index contributed by atoms with van der Waals surface area (Å²) >= 11 is 13.4. The number of rotatable bonds is 7. The van der Waals surface area contributed by atoms with Crippen molar-refractivity contribution < 1.29 is 9.21 Å². The molecule has 0 atom stereocenters. The van der Waals surface area contributed by atoms with Crippen molar-refractivity contribution >= 4 is 40.7 Å². The van der Waals surface area contributed by atoms with Crippen LogP contribution in [0.4, 0.5) is 0 Å². The number of nitrogens with zero attached hydrogens (tertiary/aromatic N) is 2. The maximum atomic E-state index is 10.8. The molecule has 0 fully saturated rings. The van der Waals surface area contributed by atoms with E-state index in [1.807, 2.05) is 0 Å². The van der Waals surface area contributed by atoms with Crippen LogP contribution in [-0.4, -0.2) is 21.7 Å². The number of Topliss-reactive ketones (excluding diaryl/α,β-unsaturated/α-hetero) is 1. The molecule has 0 unspecified atom stereocenters. The number of aromatic nitrogens is 2. The van der Waals surface area contributed by atoms with Crippen LogP contribution < -0.4 is 0 Å². The molecule has 1 aromatic heterocycles. The molecule has 0 N–H and O–H groups in total. The number of halogens is 2. The monoisotopic (exact) mass is 344 g/mol. The van der Waals surface area contributed by atoms with Gasteiger partial charge < -0.3 is 9.21 Å². The zero-order valence-electron chi connectivity index (χ0n) is 11.4. The lowest BCUT2D eigenvalue weighted by Gasteiger charge is -1.99. The van der Waals surface area contributed by atoms with Gasteiger partial charge in [-0.2, -0.15) is 0 Å². The average molecular weight is 345 g/mol. The van der Waals surface area contributed by atoms with Crippen LogP contribution in [0.2, 0.25) is 10.0 Å². The number of hydrogen-bond donors (Lipinski definition) is 0. The minimum Gasteiger partial charge on any atom is -0.411 e. The highest BCUT2D eigenvalue weighted by molar-refractivity contribution is 7.99. The van der Waals surface area contributed by atoms with Gasteiger partial charge in [-0.1, -0.05) is 35.0 Å². The Bertz CT molecular complexity index is 631. The number of benzene rings is 1. The summed E-state index contributed by atoms with van der Waals surface area (Å²) in [4.78, 5) is 10.8. The molecule has 2 aromatic rings. The van der Waals surface area contributed by atoms with Crippen molar-refractivity contribution in [1.29, 1.82) is 0 Å². The van der Waals surface area contributed by atoms with Crippen molar-refractivity contribution in [3.05, 3.63) is 28.2 Å². The minimum atomic E-state index is 0.220. The maximum absolute atomic E-state index is 10.8. The summed E-state index contributed by atoms with van der Waals surface area (Å²) in [6, 6.07) is 5.11. The van der Waals surface area contributed by atoms with Crippen LogP contribution >= 0.6 is 35.0 Å². The van der Waals surface area contributed by atoms with Gasteiger partial charge in [-0.15, -0.1) is 10.2 Å². The first-order valence-corrected chi connectivity index (χ1v) is 8.21. The number of thioether (sulfide) groups is 1. The molecule has 112 valence electrons. The summed E-state index contributed by atoms with van der Waals surface area (Å²) in [5.41, 5.74) is 0.664. The predicted molar refractivity (Wildman–Crippen MR) is 85.0 cm³/mol. The molecular weight excluding hydrogens is 331 g/mol. The van der Waals surface area contributed by atoms with Crippen molar-refractivity contribution in [2.24, 2.45) is 0 Å². The number of carbonyl (C=O) groups excluding carboxylic acids is 1. The number of hydrogen-bond acceptors (Lipinski definition) is 5. The molecule has 0 aliphatic heterocycles. The largest absolute Gasteiger partial charge is 0.411 e. The van der Waals surface area contributed by atoms with E-state index in [9.17, 15) is 4.79 Å². The van der Waals surface area contributed by atoms with Crippen LogP contribution in [0, 0.1) is 0 Å². The third kappa shape index (κ3) is 5.02. The Morgan fingerprint density at radius 2 is 2.10 bits per heavy atom. The maximum Gasteiger partial charge on any atom is 0.276 e. The SMILES string of the molecule is CC(=O)CCCCSc1nnc(-c2ccc(Cl)cc2Cl)o1. The first kappa shape index (κ1) is 16.3. The zero-order valence-corrected chi connectivity index (χ0v) is 13.8. The van der Waals surface area contributed by atoms with E-state index in [4.69, 9.17) is 27.6 Å². The van der Waals surface area contributed by atoms with Crippen molar-refractivity contribution in [2.75, 3.05) is 5.75 Å². The van der Waals surface area contributed by atoms with E-state index in [2.05, 4.69) is 10.2 Å². The molecule has 0 radical (unpaired) electrons. The molecule has 0 saturated heterocycles. The molecule has 7 heteroatoms. The molecule has 0 aliphatic carbocycles. The van der Waals surface area contributed by atoms with Gasteiger partial charge in [0.1, 0.15) is 5.78 Å². The Labute approximate surface area is 137 Å². The third-order valence-corrected chi connectivity index (χ3v) is 4.17. The molecule has 0 spiro atoms. The van der Waals surface area contributed by atoms with Gasteiger partial charge in [-0.25, -0.2) is 0 Å². The Kier molecular flexibility index (Phi) is 6.08. The summed E-state index contributed by atoms with van der Waals surface area (Å²) in [5.74, 6) is 1.43. The lowest BCUT2D eigenvalue weighted by Crippen LogP contribution is -1.90. The molecule has 0 saturated carbocycles. The highest BCUT2D eigenvalue weighted by Gasteiger charge is 2.12. The van der Waals surface area contributed by atoms with E-state index in [0.717, 1.165) is 18.6 Å². The summed E-state index contributed by atoms with van der Waals surface area (Å²) in [6.45, 7) is 1.60. The van der Waals surface area contributed by atoms with E-state index in [0.29, 0.717) is 33.1 Å². The molecule has 4 nitrogen and oxygen atoms in total. The molecule has 0 amide bonds. The standard InChI is InChI=1S/C14H14Cl2N2O2S/c1-9(19)4-2-3-7-21-14-18-17-13(20-14)11-6-5-10(15)8-12(11)16/h5-6,8H,2-4,7H2,1H3. The van der Waals surface area contributed by atoms with E-state index < -0.39 is 0 Å². The van der Waals surface area contributed by atoms with E-state index >= 15 is 0 Å². The fourth-order valence-electron chi connectivity index (χ4n) is 1.68. The normalized spacial score (nSPS) is 10.8. The van der Waals surface area contributed by atoms with Gasteiger partial charge in [0.2, 0.25) is 5.89 Å². The highest BCUT2D eigenvalue weighted by atomic mass is 35.5. The van der Waals surface area contributed by atoms with Crippen molar-refractivity contribution in [3.8, 4) is 11.5 Å². The fraction of sp³-hybridized carbons (Fsp3) is 0.357. The fourth-order valence-corrected chi connectivity index (χ4v) is 2.92. The molecule has 21 heavy (non-hydrogen) atoms. The first-order chi connectivity index (χ1) is 10.1. The van der Waals surface area contributed by atoms with Crippen LogP contribution in [0.1, 0.15) is 26.2 Å². The Morgan fingerprint density at radius 1 is 1.29 bits per heavy atom. The molecular formula is C14H14Cl2N2O2S. The van der Waals surface area contributed by atoms with Gasteiger partial charge in [0.05, 0.1) is 10.6 Å². The number of unbranched alkanes of at least 4 members (excludes halogenated alkanes) is 1. The quantitative estimate of drug-likeness (QED) is 0.528. The molecule has 1 heterocycles. The first-order valence-electron chi connectivity index (χ1n) is 6.47. The molecule has 1 aromatic carbocycles. The minimum absolute atomic E-state index is 0.220. The topological polar surface area (TPSA) is 56.0 Å². The van der Waals surface area contributed by atoms with E-state index in [1.165, 1.54) is 11.8 Å². The predicted octanol–water partition coefficient (Wildman–Crippen LogP) is 4.89. The average Bonchev–Trinajstić information content (AvgIpc) is 2.86. The molecule has 0 bridgehead atoms. The lowest BCUT2D eigenvalue weighted by atomic mass is 10.2. The Balaban J connectivity index is 1.91. The summed E-state index contributed by atoms with van der Waals surface area (Å²) < 4.78 is 5.56. The van der Waals surface area contributed by atoms with Gasteiger partial charge in [-0.05, 0) is 38.0 Å². The third-order valence-electron chi connectivity index (χ3n) is 2.72. The van der Waals surface area contributed by atoms with E-state index in [-0.39, 0.29) is 5.78 Å². The van der Waals surface area contributed by atoms with Gasteiger partial charge in [-0.3, -0.25) is 0 Å². The molecule has 0 aliphatic rings. The van der Waals surface area contributed by atoms with Crippen molar-refractivity contribution in [2.45, 2.75) is 31.4 Å². The summed E-state index contributed by atoms with van der Waals surface area (Å²) in [6.07, 6.45) is 2.44. The smallest absolute Gasteiger partial charge is 0.276 e. The van der Waals surface area contributed by atoms with Gasteiger partial charge in [0, 0.05) is 17.2 Å². The molecule has 2 rings (SSSR count). The van der Waals surface area contributed by atoms with Gasteiger partial charge in [0.15, 0.2) is 0 Å². The zero-order chi connectivity index (χ0) is 15.2. The van der Waals surface area contributed by atoms with Crippen molar-refractivity contribution in [3.63, 3.8) is 0 Å². The van der Waals surface area contributed by atoms with Crippen LogP contribution in [-0.2, 0) is 4.79 Å². The second-order valence-electron chi connectivity index (χ2n) is 4.50. The van der Waals surface area contributed by atoms with Crippen LogP contribution in [0.3, 0.4) is 0 Å². The van der Waals surface area contributed by atoms with Gasteiger partial charge in [0.25, 0.3) is 5.22 Å². The highest BCUT2D eigenvalue weighted by Crippen LogP contribution is 2.31. The second kappa shape index (κ2) is 7.82. The van der Waals surface area contributed by atoms with Crippen LogP contribution in [0.25, 0.3) is 11.5 Å². The Morgan fingerprint density at radius 3 is 2.81 bits per heavy atom. The van der Waals surface area contributed by atoms with Gasteiger partial charge >= 0.3 is 0 Å².